The van der Waals surface area contributed by atoms with E-state index in [1.807, 2.05) is 42.5 Å². The second kappa shape index (κ2) is 10.2. The maximum absolute atomic E-state index is 13.4. The number of alkyl halides is 3. The van der Waals surface area contributed by atoms with Gasteiger partial charge in [0.2, 0.25) is 0 Å². The number of rotatable bonds is 5. The summed E-state index contributed by atoms with van der Waals surface area (Å²) in [6.45, 7) is 0. The third-order valence-corrected chi connectivity index (χ3v) is 5.59. The van der Waals surface area contributed by atoms with E-state index in [2.05, 4.69) is 5.32 Å². The molecule has 0 saturated carbocycles. The lowest BCUT2D eigenvalue weighted by Crippen LogP contribution is -2.15. The second-order valence-electron chi connectivity index (χ2n) is 7.70. The summed E-state index contributed by atoms with van der Waals surface area (Å²) in [7, 11) is 0. The van der Waals surface area contributed by atoms with Crippen LogP contribution in [0.4, 0.5) is 23.2 Å². The Labute approximate surface area is 204 Å². The molecule has 176 valence electrons. The molecule has 4 aromatic carbocycles. The highest BCUT2D eigenvalue weighted by Gasteiger charge is 2.33. The van der Waals surface area contributed by atoms with Gasteiger partial charge in [-0.25, -0.2) is 4.39 Å². The molecule has 1 N–H and O–H groups in total. The molecule has 1 amide bonds. The molecule has 0 unspecified atom stereocenters. The minimum atomic E-state index is -4.67. The van der Waals surface area contributed by atoms with Crippen molar-refractivity contribution in [2.45, 2.75) is 6.18 Å². The summed E-state index contributed by atoms with van der Waals surface area (Å²) in [4.78, 5) is 13.2. The highest BCUT2D eigenvalue weighted by Crippen LogP contribution is 2.36. The maximum atomic E-state index is 13.4. The number of anilines is 1. The highest BCUT2D eigenvalue weighted by molar-refractivity contribution is 6.32. The van der Waals surface area contributed by atoms with Crippen LogP contribution in [0.2, 0.25) is 5.02 Å². The molecule has 4 rings (SSSR count). The van der Waals surface area contributed by atoms with Crippen molar-refractivity contribution in [3.05, 3.63) is 125 Å². The topological polar surface area (TPSA) is 29.1 Å². The Bertz CT molecular complexity index is 1360. The Morgan fingerprint density at radius 3 is 2.06 bits per heavy atom. The number of carbonyl (C=O) groups excluding carboxylic acids is 1. The zero-order valence-corrected chi connectivity index (χ0v) is 18.9. The molecule has 0 bridgehead atoms. The zero-order chi connectivity index (χ0) is 25.0. The molecule has 0 fully saturated rings. The van der Waals surface area contributed by atoms with Crippen LogP contribution in [0.3, 0.4) is 0 Å². The molecule has 0 saturated heterocycles. The van der Waals surface area contributed by atoms with E-state index in [1.165, 1.54) is 30.3 Å². The maximum Gasteiger partial charge on any atom is 0.417 e. The van der Waals surface area contributed by atoms with E-state index in [4.69, 9.17) is 11.6 Å². The van der Waals surface area contributed by atoms with Gasteiger partial charge in [0.05, 0.1) is 10.6 Å². The van der Waals surface area contributed by atoms with Gasteiger partial charge in [0.1, 0.15) is 5.82 Å². The number of nitrogens with one attached hydrogen (secondary N) is 1. The van der Waals surface area contributed by atoms with E-state index in [0.29, 0.717) is 11.1 Å². The molecule has 4 aromatic rings. The van der Waals surface area contributed by atoms with Crippen LogP contribution in [0.1, 0.15) is 16.7 Å². The third kappa shape index (κ3) is 5.97. The summed E-state index contributed by atoms with van der Waals surface area (Å²) in [6.07, 6.45) is -3.12. The van der Waals surface area contributed by atoms with E-state index in [9.17, 15) is 22.4 Å². The van der Waals surface area contributed by atoms with Crippen molar-refractivity contribution >= 4 is 34.8 Å². The molecule has 7 heteroatoms. The van der Waals surface area contributed by atoms with Gasteiger partial charge in [0.25, 0.3) is 5.91 Å². The fourth-order valence-corrected chi connectivity index (χ4v) is 3.72. The van der Waals surface area contributed by atoms with Crippen LogP contribution in [0.15, 0.2) is 97.1 Å². The van der Waals surface area contributed by atoms with Crippen molar-refractivity contribution in [3.8, 4) is 11.1 Å². The highest BCUT2D eigenvalue weighted by atomic mass is 35.5. The Morgan fingerprint density at radius 1 is 0.800 bits per heavy atom. The van der Waals surface area contributed by atoms with Crippen molar-refractivity contribution in [2.75, 3.05) is 5.32 Å². The van der Waals surface area contributed by atoms with Gasteiger partial charge < -0.3 is 5.32 Å². The van der Waals surface area contributed by atoms with Crippen molar-refractivity contribution < 1.29 is 22.4 Å². The van der Waals surface area contributed by atoms with E-state index in [1.54, 1.807) is 18.2 Å². The Hall–Kier alpha value is -3.90. The van der Waals surface area contributed by atoms with Crippen LogP contribution in [-0.2, 0) is 11.0 Å². The molecule has 0 heterocycles. The molecule has 0 radical (unpaired) electrons. The van der Waals surface area contributed by atoms with Crippen LogP contribution >= 0.6 is 11.6 Å². The molecular weight excluding hydrogens is 478 g/mol. The van der Waals surface area contributed by atoms with Gasteiger partial charge in [-0.3, -0.25) is 4.79 Å². The number of hydrogen-bond acceptors (Lipinski definition) is 1. The van der Waals surface area contributed by atoms with Crippen LogP contribution in [0, 0.1) is 5.82 Å². The predicted molar refractivity (Wildman–Crippen MR) is 131 cm³/mol. The molecule has 0 aliphatic heterocycles. The molecule has 35 heavy (non-hydrogen) atoms. The average molecular weight is 496 g/mol. The fourth-order valence-electron chi connectivity index (χ4n) is 3.50. The van der Waals surface area contributed by atoms with E-state index in [0.717, 1.165) is 23.3 Å². The lowest BCUT2D eigenvalue weighted by atomic mass is 9.98. The largest absolute Gasteiger partial charge is 0.417 e. The van der Waals surface area contributed by atoms with Gasteiger partial charge in [0, 0.05) is 11.3 Å². The molecule has 0 aliphatic rings. The first kappa shape index (κ1) is 24.2. The molecular formula is C28H18ClF4NO. The van der Waals surface area contributed by atoms with Gasteiger partial charge in [-0.2, -0.15) is 13.2 Å². The zero-order valence-electron chi connectivity index (χ0n) is 18.1. The summed E-state index contributed by atoms with van der Waals surface area (Å²) >= 11 is 5.69. The van der Waals surface area contributed by atoms with Gasteiger partial charge in [-0.1, -0.05) is 78.3 Å². The van der Waals surface area contributed by atoms with Gasteiger partial charge in [0.15, 0.2) is 0 Å². The van der Waals surface area contributed by atoms with Crippen molar-refractivity contribution in [3.63, 3.8) is 0 Å². The monoisotopic (exact) mass is 495 g/mol. The van der Waals surface area contributed by atoms with Crippen molar-refractivity contribution in [1.29, 1.82) is 0 Å². The summed E-state index contributed by atoms with van der Waals surface area (Å²) < 4.78 is 53.1. The predicted octanol–water partition coefficient (Wildman–Crippen LogP) is 8.34. The van der Waals surface area contributed by atoms with Gasteiger partial charge >= 0.3 is 6.18 Å². The third-order valence-electron chi connectivity index (χ3n) is 5.26. The lowest BCUT2D eigenvalue weighted by molar-refractivity contribution is -0.137. The average Bonchev–Trinajstić information content (AvgIpc) is 2.85. The molecule has 0 atom stereocenters. The number of halogens is 5. The first-order valence-corrected chi connectivity index (χ1v) is 10.9. The summed E-state index contributed by atoms with van der Waals surface area (Å²) in [5.74, 6) is -1.06. The van der Waals surface area contributed by atoms with Crippen LogP contribution < -0.4 is 5.32 Å². The SMILES string of the molecule is O=C(Nc1ccc(Cl)c(C(F)(F)F)c1)/C(=C\c1ccc(F)cc1)c1ccc(-c2ccccc2)cc1. The Morgan fingerprint density at radius 2 is 1.43 bits per heavy atom. The molecule has 0 aromatic heterocycles. The number of hydrogen-bond donors (Lipinski definition) is 1. The minimum Gasteiger partial charge on any atom is -0.322 e. The number of amides is 1. The van der Waals surface area contributed by atoms with Crippen LogP contribution in [-0.4, -0.2) is 5.91 Å². The quantitative estimate of drug-likeness (QED) is 0.168. The van der Waals surface area contributed by atoms with E-state index < -0.39 is 28.5 Å². The Kier molecular flexibility index (Phi) is 7.03. The summed E-state index contributed by atoms with van der Waals surface area (Å²) in [5.41, 5.74) is 2.11. The standard InChI is InChI=1S/C28H18ClF4NO/c29-26-15-14-23(17-25(26)28(31,32)33)34-27(35)24(16-18-6-12-22(30)13-7-18)21-10-8-20(9-11-21)19-4-2-1-3-5-19/h1-17H,(H,34,35)/b24-16-. The summed E-state index contributed by atoms with van der Waals surface area (Å²) in [5, 5.41) is 2.05. The number of carbonyl (C=O) groups is 1. The lowest BCUT2D eigenvalue weighted by Gasteiger charge is -2.14. The first-order valence-electron chi connectivity index (χ1n) is 10.5. The second-order valence-corrected chi connectivity index (χ2v) is 8.11. The molecule has 2 nitrogen and oxygen atoms in total. The van der Waals surface area contributed by atoms with E-state index in [-0.39, 0.29) is 11.3 Å². The van der Waals surface area contributed by atoms with Crippen LogP contribution in [0.5, 0.6) is 0 Å². The van der Waals surface area contributed by atoms with Crippen molar-refractivity contribution in [2.24, 2.45) is 0 Å². The smallest absolute Gasteiger partial charge is 0.322 e. The molecule has 0 aliphatic carbocycles. The summed E-state index contributed by atoms with van der Waals surface area (Å²) in [6, 6.07) is 25.5. The molecule has 0 spiro atoms. The van der Waals surface area contributed by atoms with Gasteiger partial charge in [-0.05, 0) is 58.7 Å². The Balaban J connectivity index is 1.70. The van der Waals surface area contributed by atoms with E-state index >= 15 is 0 Å². The number of benzene rings is 4. The normalized spacial score (nSPS) is 11.9. The fraction of sp³-hybridized carbons (Fsp3) is 0.0357. The van der Waals surface area contributed by atoms with Gasteiger partial charge in [-0.15, -0.1) is 0 Å². The minimum absolute atomic E-state index is 0.0577. The van der Waals surface area contributed by atoms with Crippen LogP contribution in [0.25, 0.3) is 22.8 Å². The van der Waals surface area contributed by atoms with Crippen molar-refractivity contribution in [1.82, 2.24) is 0 Å². The first-order chi connectivity index (χ1) is 16.7.